The monoisotopic (exact) mass is 201 g/mol. The Bertz CT molecular complexity index is 115. The second kappa shape index (κ2) is 9.47. The summed E-state index contributed by atoms with van der Waals surface area (Å²) in [5.41, 5.74) is 0. The average molecular weight is 201 g/mol. The molecule has 0 aliphatic rings. The van der Waals surface area contributed by atoms with Gasteiger partial charge in [0.2, 0.25) is 0 Å². The van der Waals surface area contributed by atoms with Crippen LogP contribution in [0, 0.1) is 5.92 Å². The molecule has 0 bridgehead atoms. The molecule has 0 aromatic carbocycles. The number of rotatable bonds is 9. The fourth-order valence-electron chi connectivity index (χ4n) is 1.37. The second-order valence-electron chi connectivity index (χ2n) is 4.24. The maximum atomic E-state index is 5.78. The molecule has 1 atom stereocenters. The number of hydrogen-bond acceptors (Lipinski definition) is 2. The van der Waals surface area contributed by atoms with Gasteiger partial charge in [-0.3, -0.25) is 0 Å². The van der Waals surface area contributed by atoms with Crippen LogP contribution in [0.4, 0.5) is 0 Å². The third-order valence-electron chi connectivity index (χ3n) is 2.36. The molecule has 0 saturated carbocycles. The lowest BCUT2D eigenvalue weighted by molar-refractivity contribution is 0.0474. The fourth-order valence-corrected chi connectivity index (χ4v) is 1.37. The Hall–Kier alpha value is -0.0800. The molecule has 0 radical (unpaired) electrons. The molecule has 1 unspecified atom stereocenters. The van der Waals surface area contributed by atoms with Gasteiger partial charge in [-0.1, -0.05) is 27.7 Å². The molecule has 0 amide bonds. The van der Waals surface area contributed by atoms with E-state index in [1.165, 1.54) is 12.8 Å². The summed E-state index contributed by atoms with van der Waals surface area (Å²) in [5.74, 6) is 0.799. The predicted octanol–water partition coefficient (Wildman–Crippen LogP) is 2.83. The van der Waals surface area contributed by atoms with E-state index in [4.69, 9.17) is 4.74 Å². The van der Waals surface area contributed by atoms with E-state index in [1.807, 2.05) is 0 Å². The smallest absolute Gasteiger partial charge is 0.0696 e. The first-order chi connectivity index (χ1) is 6.70. The van der Waals surface area contributed by atoms with Crippen molar-refractivity contribution in [2.75, 3.05) is 19.7 Å². The Balaban J connectivity index is 3.33. The third kappa shape index (κ3) is 8.52. The molecule has 1 N–H and O–H groups in total. The maximum absolute atomic E-state index is 5.78. The van der Waals surface area contributed by atoms with E-state index < -0.39 is 0 Å². The SMILES string of the molecule is CCNCC(CC)OCCCC(C)C. The van der Waals surface area contributed by atoms with Crippen LogP contribution in [0.25, 0.3) is 0 Å². The predicted molar refractivity (Wildman–Crippen MR) is 62.6 cm³/mol. The largest absolute Gasteiger partial charge is 0.377 e. The normalized spacial score (nSPS) is 13.5. The minimum atomic E-state index is 0.405. The van der Waals surface area contributed by atoms with Crippen molar-refractivity contribution in [3.05, 3.63) is 0 Å². The molecular weight excluding hydrogens is 174 g/mol. The summed E-state index contributed by atoms with van der Waals surface area (Å²) in [6, 6.07) is 0. The quantitative estimate of drug-likeness (QED) is 0.579. The van der Waals surface area contributed by atoms with E-state index in [0.717, 1.165) is 32.0 Å². The molecule has 0 aliphatic heterocycles. The van der Waals surface area contributed by atoms with E-state index >= 15 is 0 Å². The van der Waals surface area contributed by atoms with Crippen LogP contribution >= 0.6 is 0 Å². The van der Waals surface area contributed by atoms with Crippen LogP contribution in [0.2, 0.25) is 0 Å². The highest BCUT2D eigenvalue weighted by atomic mass is 16.5. The average Bonchev–Trinajstić information content (AvgIpc) is 2.16. The van der Waals surface area contributed by atoms with Crippen molar-refractivity contribution >= 4 is 0 Å². The molecule has 0 spiro atoms. The zero-order valence-electron chi connectivity index (χ0n) is 10.3. The van der Waals surface area contributed by atoms with Crippen molar-refractivity contribution < 1.29 is 4.74 Å². The minimum absolute atomic E-state index is 0.405. The number of nitrogens with one attached hydrogen (secondary N) is 1. The molecule has 0 rings (SSSR count). The van der Waals surface area contributed by atoms with E-state index in [-0.39, 0.29) is 0 Å². The summed E-state index contributed by atoms with van der Waals surface area (Å²) in [6.07, 6.45) is 3.98. The van der Waals surface area contributed by atoms with Crippen molar-refractivity contribution in [1.82, 2.24) is 5.32 Å². The highest BCUT2D eigenvalue weighted by Crippen LogP contribution is 2.05. The topological polar surface area (TPSA) is 21.3 Å². The van der Waals surface area contributed by atoms with Gasteiger partial charge in [-0.05, 0) is 31.7 Å². The highest BCUT2D eigenvalue weighted by molar-refractivity contribution is 4.58. The van der Waals surface area contributed by atoms with E-state index in [9.17, 15) is 0 Å². The lowest BCUT2D eigenvalue weighted by atomic mass is 10.1. The van der Waals surface area contributed by atoms with Gasteiger partial charge in [-0.15, -0.1) is 0 Å². The molecule has 2 nitrogen and oxygen atoms in total. The van der Waals surface area contributed by atoms with Gasteiger partial charge >= 0.3 is 0 Å². The standard InChI is InChI=1S/C12H27NO/c1-5-12(10-13-6-2)14-9-7-8-11(3)4/h11-13H,5-10H2,1-4H3. The van der Waals surface area contributed by atoms with Gasteiger partial charge in [0.1, 0.15) is 0 Å². The Labute approximate surface area is 89.4 Å². The zero-order valence-corrected chi connectivity index (χ0v) is 10.3. The van der Waals surface area contributed by atoms with Crippen molar-refractivity contribution in [2.45, 2.75) is 53.1 Å². The first-order valence-electron chi connectivity index (χ1n) is 6.03. The summed E-state index contributed by atoms with van der Waals surface area (Å²) in [5, 5.41) is 3.32. The summed E-state index contributed by atoms with van der Waals surface area (Å²) < 4.78 is 5.78. The number of likely N-dealkylation sites (N-methyl/N-ethyl adjacent to an activating group) is 1. The third-order valence-corrected chi connectivity index (χ3v) is 2.36. The Morgan fingerprint density at radius 1 is 1.21 bits per heavy atom. The zero-order chi connectivity index (χ0) is 10.8. The lowest BCUT2D eigenvalue weighted by Gasteiger charge is -2.16. The summed E-state index contributed by atoms with van der Waals surface area (Å²) in [4.78, 5) is 0. The molecule has 0 heterocycles. The molecule has 14 heavy (non-hydrogen) atoms. The first-order valence-corrected chi connectivity index (χ1v) is 6.03. The molecule has 0 aromatic rings. The van der Waals surface area contributed by atoms with Crippen molar-refractivity contribution in [2.24, 2.45) is 5.92 Å². The van der Waals surface area contributed by atoms with Crippen LogP contribution < -0.4 is 5.32 Å². The van der Waals surface area contributed by atoms with E-state index in [0.29, 0.717) is 6.10 Å². The lowest BCUT2D eigenvalue weighted by Crippen LogP contribution is -2.28. The van der Waals surface area contributed by atoms with Gasteiger partial charge in [-0.25, -0.2) is 0 Å². The van der Waals surface area contributed by atoms with Crippen LogP contribution in [0.1, 0.15) is 47.0 Å². The van der Waals surface area contributed by atoms with E-state index in [1.54, 1.807) is 0 Å². The molecule has 0 aromatic heterocycles. The molecule has 0 saturated heterocycles. The van der Waals surface area contributed by atoms with Gasteiger partial charge < -0.3 is 10.1 Å². The highest BCUT2D eigenvalue weighted by Gasteiger charge is 2.04. The summed E-state index contributed by atoms with van der Waals surface area (Å²) >= 11 is 0. The first kappa shape index (κ1) is 13.9. The van der Waals surface area contributed by atoms with E-state index in [2.05, 4.69) is 33.0 Å². The minimum Gasteiger partial charge on any atom is -0.377 e. The summed E-state index contributed by atoms with van der Waals surface area (Å²) in [7, 11) is 0. The van der Waals surface area contributed by atoms with Gasteiger partial charge in [-0.2, -0.15) is 0 Å². The van der Waals surface area contributed by atoms with Crippen LogP contribution in [0.3, 0.4) is 0 Å². The summed E-state index contributed by atoms with van der Waals surface area (Å²) in [6.45, 7) is 11.8. The molecule has 86 valence electrons. The van der Waals surface area contributed by atoms with Crippen LogP contribution in [0.5, 0.6) is 0 Å². The van der Waals surface area contributed by atoms with Crippen LogP contribution in [-0.4, -0.2) is 25.8 Å². The number of ether oxygens (including phenoxy) is 1. The molecular formula is C12H27NO. The van der Waals surface area contributed by atoms with Crippen LogP contribution in [0.15, 0.2) is 0 Å². The Morgan fingerprint density at radius 3 is 2.43 bits per heavy atom. The van der Waals surface area contributed by atoms with Gasteiger partial charge in [0, 0.05) is 13.2 Å². The second-order valence-corrected chi connectivity index (χ2v) is 4.24. The molecule has 0 fully saturated rings. The molecule has 0 aliphatic carbocycles. The molecule has 2 heteroatoms. The van der Waals surface area contributed by atoms with Crippen molar-refractivity contribution in [1.29, 1.82) is 0 Å². The van der Waals surface area contributed by atoms with Crippen LogP contribution in [-0.2, 0) is 4.74 Å². The van der Waals surface area contributed by atoms with Gasteiger partial charge in [0.05, 0.1) is 6.10 Å². The fraction of sp³-hybridized carbons (Fsp3) is 1.00. The van der Waals surface area contributed by atoms with Gasteiger partial charge in [0.25, 0.3) is 0 Å². The number of hydrogen-bond donors (Lipinski definition) is 1. The Kier molecular flexibility index (Phi) is 9.42. The van der Waals surface area contributed by atoms with Crippen molar-refractivity contribution in [3.63, 3.8) is 0 Å². The van der Waals surface area contributed by atoms with Gasteiger partial charge in [0.15, 0.2) is 0 Å². The Morgan fingerprint density at radius 2 is 1.93 bits per heavy atom. The maximum Gasteiger partial charge on any atom is 0.0696 e. The van der Waals surface area contributed by atoms with Crippen molar-refractivity contribution in [3.8, 4) is 0 Å².